The van der Waals surface area contributed by atoms with Gasteiger partial charge in [-0.2, -0.15) is 0 Å². The Labute approximate surface area is 885 Å². The Kier molecular flexibility index (Phi) is 75.8. The van der Waals surface area contributed by atoms with Gasteiger partial charge in [-0.1, -0.05) is 479 Å². The van der Waals surface area contributed by atoms with Crippen LogP contribution in [0, 0.1) is 54.1 Å². The average molecular weight is 2020 g/mol. The predicted molar refractivity (Wildman–Crippen MR) is 633 cm³/mol. The number of aromatic nitrogens is 3. The van der Waals surface area contributed by atoms with Crippen LogP contribution in [0.5, 0.6) is 17.2 Å². The molecule has 7 aromatic rings. The molecule has 2 N–H and O–H groups in total. The van der Waals surface area contributed by atoms with Crippen molar-refractivity contribution in [1.29, 1.82) is 0 Å². The molecule has 828 valence electrons. The molecule has 0 amide bonds. The van der Waals surface area contributed by atoms with Crippen LogP contribution < -0.4 is 40.9 Å². The van der Waals surface area contributed by atoms with Gasteiger partial charge in [0.25, 0.3) is 0 Å². The zero-order chi connectivity index (χ0) is 113. The van der Waals surface area contributed by atoms with Gasteiger partial charge in [0.05, 0.1) is 58.9 Å². The third kappa shape index (κ3) is 107. The second-order valence-corrected chi connectivity index (χ2v) is 57.3. The molecule has 1 atom stereocenters. The van der Waals surface area contributed by atoms with Gasteiger partial charge in [-0.3, -0.25) is 0 Å². The summed E-state index contributed by atoms with van der Waals surface area (Å²) < 4.78 is 56.6. The van der Waals surface area contributed by atoms with E-state index in [4.69, 9.17) is 23.7 Å². The lowest BCUT2D eigenvalue weighted by atomic mass is 9.87. The third-order valence-corrected chi connectivity index (χ3v) is 18.4. The molecule has 0 aliphatic rings. The fraction of sp³-hybridized carbons (Fsp3) is 0.661. The Morgan fingerprint density at radius 3 is 0.944 bits per heavy atom. The molecule has 15 nitrogen and oxygen atoms in total. The van der Waals surface area contributed by atoms with E-state index in [0.29, 0.717) is 98.4 Å². The molecule has 0 fully saturated rings. The highest BCUT2D eigenvalue weighted by atomic mass is 32.2. The lowest BCUT2D eigenvalue weighted by Crippen LogP contribution is -3.05. The molecule has 0 aliphatic carbocycles. The first-order valence-corrected chi connectivity index (χ1v) is 53.5. The number of sulfonamides is 1. The largest absolute Gasteiger partial charge is 0.493 e. The van der Waals surface area contributed by atoms with Crippen molar-refractivity contribution in [3.63, 3.8) is 0 Å². The van der Waals surface area contributed by atoms with E-state index in [-0.39, 0.29) is 48.5 Å². The highest BCUT2D eigenvalue weighted by Gasteiger charge is 2.21. The summed E-state index contributed by atoms with van der Waals surface area (Å²) in [7, 11) is 4.42. The van der Waals surface area contributed by atoms with Gasteiger partial charge < -0.3 is 28.6 Å². The number of quaternary nitrogens is 1. The molecule has 143 heavy (non-hydrogen) atoms. The van der Waals surface area contributed by atoms with Crippen LogP contribution in [0.3, 0.4) is 0 Å². The van der Waals surface area contributed by atoms with Crippen LogP contribution in [0.15, 0.2) is 208 Å². The maximum atomic E-state index is 12.4. The standard InChI is InChI=1S/C16H25N3O3.C14H22O3.C14H22O2.C13H21NO2S.3C10H14.C9H21N.6C5H12.CH4/c1-6-10-17-13(20)18(11-7-2)15(22)19(14(17)21)12-8-9-16(3,4)5;1-14(2,3)10-17-12-7-6-11(9-15-4)8-13(12)16-5;1-6-15-11(2)16-13-9-7-12(8-10-13)14(3,4)5;1-13(2,3)10-7-11-14-17(15,16)12-8-5-4-6-9-12;3*1-10(2,3)9-7-5-4-6-8-9;1-9(2,3)7-6-8-10(4)5;6*1-5(2,3)4;/h6-7H,1-2,8-12H2,3-5H3;6-8H,9-10H2,1-5H3;7-11H,6H2,1-5H3;4-6,8-9,14H,7,10-11H2,1-3H3;3*4-8H,1-3H3;6-8H2,1-5H3;6*1-4H3;1H4/p+1. The van der Waals surface area contributed by atoms with Crippen molar-refractivity contribution in [2.75, 3.05) is 54.6 Å². The summed E-state index contributed by atoms with van der Waals surface area (Å²) in [6.45, 7) is 120. The monoisotopic (exact) mass is 2020 g/mol. The molecule has 1 aromatic heterocycles. The second kappa shape index (κ2) is 71.9. The van der Waals surface area contributed by atoms with E-state index in [9.17, 15) is 22.8 Å². The van der Waals surface area contributed by atoms with Crippen molar-refractivity contribution in [1.82, 2.24) is 18.4 Å². The van der Waals surface area contributed by atoms with Crippen LogP contribution in [0.4, 0.5) is 0 Å². The van der Waals surface area contributed by atoms with Crippen molar-refractivity contribution >= 4 is 10.0 Å². The molecular formula is C127H230N5O10S+. The van der Waals surface area contributed by atoms with Crippen molar-refractivity contribution in [2.45, 2.75) is 451 Å². The number of hydrogen-bond acceptors (Lipinski definition) is 10. The van der Waals surface area contributed by atoms with Crippen LogP contribution in [-0.2, 0) is 67.4 Å². The van der Waals surface area contributed by atoms with Gasteiger partial charge in [0.1, 0.15) is 5.75 Å². The summed E-state index contributed by atoms with van der Waals surface area (Å²) in [6.07, 6.45) is 8.87. The molecule has 16 heteroatoms. The first-order chi connectivity index (χ1) is 63.7. The number of methoxy groups -OCH3 is 2. The topological polar surface area (TPSA) is 163 Å². The normalized spacial score (nSPS) is 11.9. The zero-order valence-corrected chi connectivity index (χ0v) is 103. The lowest BCUT2D eigenvalue weighted by molar-refractivity contribution is -0.858. The van der Waals surface area contributed by atoms with Gasteiger partial charge in [0.2, 0.25) is 10.0 Å². The van der Waals surface area contributed by atoms with Crippen LogP contribution in [0.2, 0.25) is 0 Å². The molecule has 7 rings (SSSR count). The molecule has 0 saturated heterocycles. The van der Waals surface area contributed by atoms with E-state index in [0.717, 1.165) is 55.8 Å². The van der Waals surface area contributed by atoms with Gasteiger partial charge >= 0.3 is 17.1 Å². The summed E-state index contributed by atoms with van der Waals surface area (Å²) in [5, 5.41) is 0. The van der Waals surface area contributed by atoms with Gasteiger partial charge in [-0.15, -0.1) is 13.2 Å². The van der Waals surface area contributed by atoms with Crippen molar-refractivity contribution in [3.05, 3.63) is 248 Å². The Morgan fingerprint density at radius 1 is 0.385 bits per heavy atom. The molecule has 0 spiro atoms. The maximum Gasteiger partial charge on any atom is 0.336 e. The van der Waals surface area contributed by atoms with E-state index in [1.807, 2.05) is 44.2 Å². The summed E-state index contributed by atoms with van der Waals surface area (Å²) >= 11 is 0. The summed E-state index contributed by atoms with van der Waals surface area (Å²) in [5.74, 6) is 2.39. The second-order valence-electron chi connectivity index (χ2n) is 55.5. The smallest absolute Gasteiger partial charge is 0.336 e. The molecule has 6 aromatic carbocycles. The third-order valence-electron chi connectivity index (χ3n) is 16.9. The Morgan fingerprint density at radius 2 is 0.678 bits per heavy atom. The molecule has 0 bridgehead atoms. The number of ether oxygens (including phenoxy) is 5. The number of nitrogens with one attached hydrogen (secondary N) is 2. The predicted octanol–water partition coefficient (Wildman–Crippen LogP) is 34.0. The highest BCUT2D eigenvalue weighted by molar-refractivity contribution is 7.89. The molecule has 1 unspecified atom stereocenters. The van der Waals surface area contributed by atoms with Gasteiger partial charge in [-0.25, -0.2) is 41.2 Å². The van der Waals surface area contributed by atoms with Crippen molar-refractivity contribution < 1.29 is 37.0 Å². The fourth-order valence-electron chi connectivity index (χ4n) is 10.4. The average Bonchev–Trinajstić information content (AvgIpc) is 0.782. The first-order valence-electron chi connectivity index (χ1n) is 52.0. The molecule has 1 heterocycles. The minimum atomic E-state index is -3.33. The Hall–Kier alpha value is -7.60. The van der Waals surface area contributed by atoms with Gasteiger partial charge in [0.15, 0.2) is 17.8 Å². The highest BCUT2D eigenvalue weighted by Crippen LogP contribution is 2.32. The SMILES string of the molecule is C.C=CCn1c(=O)n(CC=C)c(=O)n(CCCC(C)(C)C)c1=O.CC(C)(C)C.CC(C)(C)C.CC(C)(C)C.CC(C)(C)C.CC(C)(C)C.CC(C)(C)C.CC(C)(C)CCCNS(=O)(=O)c1ccccc1.CC(C)(C)c1ccccc1.CC(C)(C)c1ccccc1.CC(C)(C)c1ccccc1.CCOC(C)Oc1ccc(C(C)(C)C)cc1.COCc1ccc(OCC(C)(C)C)c(OC)c1.C[NH+](C)CCCC(C)(C)C. The molecule has 0 saturated carbocycles. The van der Waals surface area contributed by atoms with Crippen molar-refractivity contribution in [2.24, 2.45) is 54.1 Å². The summed E-state index contributed by atoms with van der Waals surface area (Å²) in [5.41, 5.74) is 9.89. The van der Waals surface area contributed by atoms with Crippen LogP contribution in [-0.4, -0.2) is 83.0 Å². The van der Waals surface area contributed by atoms with Gasteiger partial charge in [0, 0.05) is 26.8 Å². The minimum Gasteiger partial charge on any atom is -0.493 e. The number of hydrogen-bond donors (Lipinski definition) is 2. The van der Waals surface area contributed by atoms with E-state index in [1.54, 1.807) is 49.5 Å². The quantitative estimate of drug-likeness (QED) is 0.0338. The van der Waals surface area contributed by atoms with E-state index in [2.05, 4.69) is 467 Å². The Bertz CT molecular complexity index is 4320. The van der Waals surface area contributed by atoms with Gasteiger partial charge in [-0.05, 0) is 192 Å². The maximum absolute atomic E-state index is 12.4. The number of allylic oxidation sites excluding steroid dienone is 2. The van der Waals surface area contributed by atoms with E-state index in [1.165, 1.54) is 53.8 Å². The summed E-state index contributed by atoms with van der Waals surface area (Å²) in [4.78, 5) is 38.8. The molecule has 0 aliphatic heterocycles. The molecule has 0 radical (unpaired) electrons. The fourth-order valence-corrected chi connectivity index (χ4v) is 11.5. The van der Waals surface area contributed by atoms with Crippen LogP contribution >= 0.6 is 0 Å². The summed E-state index contributed by atoms with van der Waals surface area (Å²) in [6, 6.07) is 54.2. The first kappa shape index (κ1) is 151. The number of benzene rings is 6. The lowest BCUT2D eigenvalue weighted by Gasteiger charge is -2.20. The van der Waals surface area contributed by atoms with E-state index >= 15 is 0 Å². The van der Waals surface area contributed by atoms with Crippen LogP contribution in [0.25, 0.3) is 0 Å². The van der Waals surface area contributed by atoms with E-state index < -0.39 is 27.1 Å². The van der Waals surface area contributed by atoms with Crippen LogP contribution in [0.1, 0.15) is 420 Å². The molecular weight excluding hydrogens is 1790 g/mol. The number of nitrogens with zero attached hydrogens (tertiary/aromatic N) is 3. The zero-order valence-electron chi connectivity index (χ0n) is 102. The number of rotatable bonds is 24. The van der Waals surface area contributed by atoms with Crippen molar-refractivity contribution in [3.8, 4) is 17.2 Å². The Balaban J connectivity index is -0.000000235. The minimum absolute atomic E-state index is 0.